The van der Waals surface area contributed by atoms with Gasteiger partial charge in [0.1, 0.15) is 12.1 Å². The largest absolute Gasteiger partial charge is 0.368 e. The van der Waals surface area contributed by atoms with E-state index in [2.05, 4.69) is 5.32 Å². The highest BCUT2D eigenvalue weighted by Gasteiger charge is 2.31. The molecule has 6 nitrogen and oxygen atoms in total. The van der Waals surface area contributed by atoms with Crippen LogP contribution in [0, 0.1) is 0 Å². The van der Waals surface area contributed by atoms with Crippen molar-refractivity contribution >= 4 is 18.2 Å². The summed E-state index contributed by atoms with van der Waals surface area (Å²) in [5.41, 5.74) is 6.28. The molecule has 3 amide bonds. The summed E-state index contributed by atoms with van der Waals surface area (Å²) < 4.78 is 0. The van der Waals surface area contributed by atoms with Gasteiger partial charge in [0.05, 0.1) is 0 Å². The second-order valence-corrected chi connectivity index (χ2v) is 5.15. The van der Waals surface area contributed by atoms with Crippen molar-refractivity contribution in [1.82, 2.24) is 10.2 Å². The van der Waals surface area contributed by atoms with Gasteiger partial charge in [0.2, 0.25) is 18.2 Å². The van der Waals surface area contributed by atoms with Crippen molar-refractivity contribution in [1.29, 1.82) is 0 Å². The number of nitrogens with two attached hydrogens (primary N) is 1. The predicted octanol–water partition coefficient (Wildman–Crippen LogP) is -0.180. The summed E-state index contributed by atoms with van der Waals surface area (Å²) in [6.07, 6.45) is 2.42. The first-order chi connectivity index (χ1) is 10.1. The molecule has 1 aromatic rings. The zero-order valence-electron chi connectivity index (χ0n) is 11.7. The standard InChI is InChI=1S/C15H19N3O3/c16-14(20)12(9-11-5-2-1-3-6-11)17-15(21)13-7-4-8-18(13)10-19/h1-3,5-6,10,12-13H,4,7-9H2,(H2,16,20)(H,17,21)/t12-,13-/m0/s1. The van der Waals surface area contributed by atoms with Crippen molar-refractivity contribution in [3.05, 3.63) is 35.9 Å². The first-order valence-corrected chi connectivity index (χ1v) is 6.96. The molecule has 0 radical (unpaired) electrons. The first kappa shape index (κ1) is 15.0. The minimum absolute atomic E-state index is 0.320. The van der Waals surface area contributed by atoms with Crippen molar-refractivity contribution in [3.8, 4) is 0 Å². The molecule has 112 valence electrons. The number of nitrogens with zero attached hydrogens (tertiary/aromatic N) is 1. The van der Waals surface area contributed by atoms with E-state index >= 15 is 0 Å². The number of carbonyl (C=O) groups excluding carboxylic acids is 3. The third-order valence-electron chi connectivity index (χ3n) is 3.67. The summed E-state index contributed by atoms with van der Waals surface area (Å²) >= 11 is 0. The summed E-state index contributed by atoms with van der Waals surface area (Å²) in [5, 5.41) is 2.66. The van der Waals surface area contributed by atoms with E-state index in [9.17, 15) is 14.4 Å². The molecule has 1 aromatic carbocycles. The molecule has 2 atom stereocenters. The molecule has 21 heavy (non-hydrogen) atoms. The van der Waals surface area contributed by atoms with E-state index in [0.717, 1.165) is 12.0 Å². The minimum atomic E-state index is -0.769. The van der Waals surface area contributed by atoms with Crippen LogP contribution >= 0.6 is 0 Å². The van der Waals surface area contributed by atoms with E-state index in [-0.39, 0.29) is 5.91 Å². The van der Waals surface area contributed by atoms with Gasteiger partial charge >= 0.3 is 0 Å². The molecule has 1 heterocycles. The Bertz CT molecular complexity index is 518. The van der Waals surface area contributed by atoms with Crippen LogP contribution in [0.4, 0.5) is 0 Å². The Morgan fingerprint density at radius 1 is 1.38 bits per heavy atom. The van der Waals surface area contributed by atoms with Crippen LogP contribution in [0.15, 0.2) is 30.3 Å². The Morgan fingerprint density at radius 2 is 2.10 bits per heavy atom. The zero-order valence-corrected chi connectivity index (χ0v) is 11.7. The number of carbonyl (C=O) groups is 3. The van der Waals surface area contributed by atoms with E-state index < -0.39 is 18.0 Å². The normalized spacial score (nSPS) is 19.0. The lowest BCUT2D eigenvalue weighted by Crippen LogP contribution is -2.51. The monoisotopic (exact) mass is 289 g/mol. The number of nitrogens with one attached hydrogen (secondary N) is 1. The van der Waals surface area contributed by atoms with E-state index in [4.69, 9.17) is 5.73 Å². The molecule has 0 aromatic heterocycles. The molecule has 0 aliphatic carbocycles. The molecule has 0 unspecified atom stereocenters. The maximum absolute atomic E-state index is 12.2. The molecule has 2 rings (SSSR count). The molecular formula is C15H19N3O3. The molecule has 1 aliphatic heterocycles. The van der Waals surface area contributed by atoms with Gasteiger partial charge in [-0.1, -0.05) is 30.3 Å². The van der Waals surface area contributed by atoms with Gasteiger partial charge < -0.3 is 16.0 Å². The Balaban J connectivity index is 2.01. The van der Waals surface area contributed by atoms with Crippen LogP contribution in [0.1, 0.15) is 18.4 Å². The fourth-order valence-electron chi connectivity index (χ4n) is 2.54. The fraction of sp³-hybridized carbons (Fsp3) is 0.400. The maximum Gasteiger partial charge on any atom is 0.243 e. The number of likely N-dealkylation sites (tertiary alicyclic amines) is 1. The number of primary amides is 1. The van der Waals surface area contributed by atoms with Crippen LogP contribution in [-0.4, -0.2) is 41.8 Å². The highest BCUT2D eigenvalue weighted by Crippen LogP contribution is 2.15. The van der Waals surface area contributed by atoms with Crippen molar-refractivity contribution in [2.24, 2.45) is 5.73 Å². The second-order valence-electron chi connectivity index (χ2n) is 5.15. The Labute approximate surface area is 123 Å². The molecule has 1 aliphatic rings. The average molecular weight is 289 g/mol. The number of rotatable bonds is 6. The molecule has 0 bridgehead atoms. The third kappa shape index (κ3) is 3.81. The van der Waals surface area contributed by atoms with Gasteiger partial charge in [0.15, 0.2) is 0 Å². The molecule has 3 N–H and O–H groups in total. The van der Waals surface area contributed by atoms with Crippen molar-refractivity contribution in [3.63, 3.8) is 0 Å². The van der Waals surface area contributed by atoms with E-state index in [1.165, 1.54) is 4.90 Å². The van der Waals surface area contributed by atoms with E-state index in [1.807, 2.05) is 30.3 Å². The van der Waals surface area contributed by atoms with Gasteiger partial charge in [0.25, 0.3) is 0 Å². The molecule has 1 saturated heterocycles. The lowest BCUT2D eigenvalue weighted by molar-refractivity contribution is -0.133. The Hall–Kier alpha value is -2.37. The Morgan fingerprint density at radius 3 is 2.71 bits per heavy atom. The summed E-state index contributed by atoms with van der Waals surface area (Å²) in [6.45, 7) is 0.571. The van der Waals surface area contributed by atoms with Gasteiger partial charge in [-0.3, -0.25) is 14.4 Å². The van der Waals surface area contributed by atoms with Crippen LogP contribution in [0.25, 0.3) is 0 Å². The Kier molecular flexibility index (Phi) is 4.92. The van der Waals surface area contributed by atoms with Crippen LogP contribution < -0.4 is 11.1 Å². The molecule has 0 spiro atoms. The minimum Gasteiger partial charge on any atom is -0.368 e. The average Bonchev–Trinajstić information content (AvgIpc) is 2.96. The fourth-order valence-corrected chi connectivity index (χ4v) is 2.54. The molecule has 0 saturated carbocycles. The second kappa shape index (κ2) is 6.88. The van der Waals surface area contributed by atoms with Crippen molar-refractivity contribution in [2.75, 3.05) is 6.54 Å². The lowest BCUT2D eigenvalue weighted by atomic mass is 10.0. The zero-order chi connectivity index (χ0) is 15.2. The van der Waals surface area contributed by atoms with Gasteiger partial charge in [-0.15, -0.1) is 0 Å². The highest BCUT2D eigenvalue weighted by molar-refractivity contribution is 5.90. The SMILES string of the molecule is NC(=O)[C@H](Cc1ccccc1)NC(=O)[C@@H]1CCCN1C=O. The van der Waals surface area contributed by atoms with Crippen molar-refractivity contribution < 1.29 is 14.4 Å². The number of hydrogen-bond acceptors (Lipinski definition) is 3. The van der Waals surface area contributed by atoms with Crippen LogP contribution in [-0.2, 0) is 20.8 Å². The van der Waals surface area contributed by atoms with Crippen LogP contribution in [0.2, 0.25) is 0 Å². The van der Waals surface area contributed by atoms with Gasteiger partial charge in [-0.25, -0.2) is 0 Å². The smallest absolute Gasteiger partial charge is 0.243 e. The number of benzene rings is 1. The summed E-state index contributed by atoms with van der Waals surface area (Å²) in [5.74, 6) is -0.901. The molecule has 1 fully saturated rings. The van der Waals surface area contributed by atoms with E-state index in [1.54, 1.807) is 0 Å². The van der Waals surface area contributed by atoms with Gasteiger partial charge in [0, 0.05) is 13.0 Å². The number of hydrogen-bond donors (Lipinski definition) is 2. The first-order valence-electron chi connectivity index (χ1n) is 6.96. The predicted molar refractivity (Wildman–Crippen MR) is 77.1 cm³/mol. The van der Waals surface area contributed by atoms with Crippen LogP contribution in [0.3, 0.4) is 0 Å². The molecule has 6 heteroatoms. The summed E-state index contributed by atoms with van der Waals surface area (Å²) in [6, 6.07) is 8.07. The maximum atomic E-state index is 12.2. The summed E-state index contributed by atoms with van der Waals surface area (Å²) in [7, 11) is 0. The highest BCUT2D eigenvalue weighted by atomic mass is 16.2. The van der Waals surface area contributed by atoms with Gasteiger partial charge in [-0.2, -0.15) is 0 Å². The van der Waals surface area contributed by atoms with E-state index in [0.29, 0.717) is 25.8 Å². The van der Waals surface area contributed by atoms with Gasteiger partial charge in [-0.05, 0) is 18.4 Å². The number of amides is 3. The summed E-state index contributed by atoms with van der Waals surface area (Å²) in [4.78, 5) is 36.1. The topological polar surface area (TPSA) is 92.5 Å². The third-order valence-corrected chi connectivity index (χ3v) is 3.67. The van der Waals surface area contributed by atoms with Crippen molar-refractivity contribution in [2.45, 2.75) is 31.3 Å². The quantitative estimate of drug-likeness (QED) is 0.712. The molecular weight excluding hydrogens is 270 g/mol. The lowest BCUT2D eigenvalue weighted by Gasteiger charge is -2.22. The van der Waals surface area contributed by atoms with Crippen LogP contribution in [0.5, 0.6) is 0 Å².